The fraction of sp³-hybridized carbons (Fsp3) is 0.952. The molecule has 1 unspecified atom stereocenters. The van der Waals surface area contributed by atoms with Crippen LogP contribution < -0.4 is 0 Å². The second-order valence-corrected chi connectivity index (χ2v) is 7.27. The Balaban J connectivity index is 3.01. The first-order chi connectivity index (χ1) is 11.7. The highest BCUT2D eigenvalue weighted by Crippen LogP contribution is 2.14. The molecule has 0 aliphatic carbocycles. The molecule has 0 aliphatic heterocycles. The number of rotatable bonds is 18. The van der Waals surface area contributed by atoms with Crippen LogP contribution in [0.1, 0.15) is 116 Å². The molecule has 0 heterocycles. The van der Waals surface area contributed by atoms with Gasteiger partial charge in [-0.15, -0.1) is 0 Å². The molecule has 24 heavy (non-hydrogen) atoms. The van der Waals surface area contributed by atoms with Crippen molar-refractivity contribution < 1.29 is 14.6 Å². The summed E-state index contributed by atoms with van der Waals surface area (Å²) in [5, 5.41) is 9.18. The number of aliphatic hydroxyl groups is 1. The third-order valence-electron chi connectivity index (χ3n) is 4.73. The molecule has 0 aliphatic rings. The summed E-state index contributed by atoms with van der Waals surface area (Å²) in [6.07, 6.45) is 21.0. The Labute approximate surface area is 150 Å². The lowest BCUT2D eigenvalue weighted by Crippen LogP contribution is -1.99. The summed E-state index contributed by atoms with van der Waals surface area (Å²) in [5.41, 5.74) is 0. The van der Waals surface area contributed by atoms with E-state index in [2.05, 4.69) is 4.74 Å². The lowest BCUT2D eigenvalue weighted by atomic mass is 10.0. The maximum atomic E-state index is 11.0. The van der Waals surface area contributed by atoms with Crippen molar-refractivity contribution in [2.24, 2.45) is 0 Å². The van der Waals surface area contributed by atoms with Gasteiger partial charge < -0.3 is 9.84 Å². The molecule has 0 fully saturated rings. The van der Waals surface area contributed by atoms with Gasteiger partial charge in [-0.05, 0) is 19.8 Å². The molecule has 0 rings (SSSR count). The van der Waals surface area contributed by atoms with E-state index < -0.39 is 0 Å². The van der Waals surface area contributed by atoms with Gasteiger partial charge >= 0.3 is 5.97 Å². The van der Waals surface area contributed by atoms with Gasteiger partial charge in [0, 0.05) is 6.42 Å². The number of esters is 1. The van der Waals surface area contributed by atoms with Crippen molar-refractivity contribution in [2.45, 2.75) is 122 Å². The van der Waals surface area contributed by atoms with E-state index in [1.54, 1.807) is 0 Å². The van der Waals surface area contributed by atoms with E-state index in [0.29, 0.717) is 6.42 Å². The summed E-state index contributed by atoms with van der Waals surface area (Å²) in [6, 6.07) is 0. The van der Waals surface area contributed by atoms with Crippen molar-refractivity contribution in [2.75, 3.05) is 7.11 Å². The topological polar surface area (TPSA) is 46.5 Å². The smallest absolute Gasteiger partial charge is 0.305 e. The van der Waals surface area contributed by atoms with Gasteiger partial charge in [0.25, 0.3) is 0 Å². The standard InChI is InChI=1S/C21H42O3/c1-20(22)18-16-14-12-10-8-6-4-3-5-7-9-11-13-15-17-19-21(23)24-2/h20,22H,3-19H2,1-2H3. The van der Waals surface area contributed by atoms with Crippen molar-refractivity contribution >= 4 is 5.97 Å². The van der Waals surface area contributed by atoms with Gasteiger partial charge in [-0.25, -0.2) is 0 Å². The average molecular weight is 343 g/mol. The Morgan fingerprint density at radius 2 is 1.04 bits per heavy atom. The zero-order chi connectivity index (χ0) is 17.9. The molecule has 0 aromatic heterocycles. The van der Waals surface area contributed by atoms with Crippen LogP contribution in [0.3, 0.4) is 0 Å². The van der Waals surface area contributed by atoms with E-state index in [4.69, 9.17) is 0 Å². The lowest BCUT2D eigenvalue weighted by Gasteiger charge is -2.04. The Bertz CT molecular complexity index is 264. The minimum atomic E-state index is -0.121. The minimum absolute atomic E-state index is 0.0743. The normalized spacial score (nSPS) is 12.3. The van der Waals surface area contributed by atoms with Crippen LogP contribution in [0.4, 0.5) is 0 Å². The summed E-state index contributed by atoms with van der Waals surface area (Å²) in [6.45, 7) is 1.88. The fourth-order valence-corrected chi connectivity index (χ4v) is 3.11. The van der Waals surface area contributed by atoms with Gasteiger partial charge in [-0.3, -0.25) is 4.79 Å². The zero-order valence-corrected chi connectivity index (χ0v) is 16.4. The predicted molar refractivity (Wildman–Crippen MR) is 102 cm³/mol. The third-order valence-corrected chi connectivity index (χ3v) is 4.73. The molecule has 0 aromatic rings. The third kappa shape index (κ3) is 19.5. The Hall–Kier alpha value is -0.570. The first-order valence-electron chi connectivity index (χ1n) is 10.4. The molecule has 144 valence electrons. The lowest BCUT2D eigenvalue weighted by molar-refractivity contribution is -0.140. The summed E-state index contributed by atoms with van der Waals surface area (Å²) >= 11 is 0. The van der Waals surface area contributed by atoms with E-state index >= 15 is 0 Å². The number of unbranched alkanes of at least 4 members (excludes halogenated alkanes) is 14. The van der Waals surface area contributed by atoms with Crippen molar-refractivity contribution in [1.29, 1.82) is 0 Å². The number of aliphatic hydroxyl groups excluding tert-OH is 1. The molecule has 3 heteroatoms. The minimum Gasteiger partial charge on any atom is -0.469 e. The van der Waals surface area contributed by atoms with E-state index in [0.717, 1.165) is 19.3 Å². The molecular formula is C21H42O3. The molecule has 0 saturated heterocycles. The van der Waals surface area contributed by atoms with Crippen LogP contribution in [0.15, 0.2) is 0 Å². The highest BCUT2D eigenvalue weighted by Gasteiger charge is 1.99. The van der Waals surface area contributed by atoms with Gasteiger partial charge in [0.2, 0.25) is 0 Å². The quantitative estimate of drug-likeness (QED) is 0.239. The van der Waals surface area contributed by atoms with E-state index in [1.165, 1.54) is 90.6 Å². The van der Waals surface area contributed by atoms with Crippen molar-refractivity contribution in [3.63, 3.8) is 0 Å². The molecule has 0 bridgehead atoms. The number of hydrogen-bond acceptors (Lipinski definition) is 3. The van der Waals surface area contributed by atoms with Crippen molar-refractivity contribution in [3.05, 3.63) is 0 Å². The molecule has 3 nitrogen and oxygen atoms in total. The number of carbonyl (C=O) groups is 1. The van der Waals surface area contributed by atoms with Gasteiger partial charge in [0.05, 0.1) is 13.2 Å². The largest absolute Gasteiger partial charge is 0.469 e. The fourth-order valence-electron chi connectivity index (χ4n) is 3.11. The monoisotopic (exact) mass is 342 g/mol. The van der Waals surface area contributed by atoms with E-state index in [9.17, 15) is 9.90 Å². The Morgan fingerprint density at radius 1 is 0.708 bits per heavy atom. The number of carbonyl (C=O) groups excluding carboxylic acids is 1. The SMILES string of the molecule is COC(=O)CCCCCCCCCCCCCCCCCC(C)O. The van der Waals surface area contributed by atoms with Crippen LogP contribution in [0.5, 0.6) is 0 Å². The van der Waals surface area contributed by atoms with E-state index in [-0.39, 0.29) is 12.1 Å². The summed E-state index contributed by atoms with van der Waals surface area (Å²) in [7, 11) is 1.46. The molecule has 0 spiro atoms. The predicted octanol–water partition coefficient (Wildman–Crippen LogP) is 6.17. The number of ether oxygens (including phenoxy) is 1. The number of methoxy groups -OCH3 is 1. The average Bonchev–Trinajstić information content (AvgIpc) is 2.57. The van der Waals surface area contributed by atoms with Crippen LogP contribution >= 0.6 is 0 Å². The molecule has 0 radical (unpaired) electrons. The highest BCUT2D eigenvalue weighted by atomic mass is 16.5. The van der Waals surface area contributed by atoms with Crippen LogP contribution in [0, 0.1) is 0 Å². The molecule has 0 aromatic carbocycles. The van der Waals surface area contributed by atoms with Crippen molar-refractivity contribution in [3.8, 4) is 0 Å². The van der Waals surface area contributed by atoms with E-state index in [1.807, 2.05) is 6.92 Å². The van der Waals surface area contributed by atoms with Crippen LogP contribution in [-0.2, 0) is 9.53 Å². The summed E-state index contributed by atoms with van der Waals surface area (Å²) in [5.74, 6) is -0.0743. The molecule has 0 saturated carbocycles. The Kier molecular flexibility index (Phi) is 18.3. The van der Waals surface area contributed by atoms with Crippen LogP contribution in [0.25, 0.3) is 0 Å². The van der Waals surface area contributed by atoms with Gasteiger partial charge in [0.15, 0.2) is 0 Å². The van der Waals surface area contributed by atoms with Gasteiger partial charge in [-0.2, -0.15) is 0 Å². The summed E-state index contributed by atoms with van der Waals surface area (Å²) in [4.78, 5) is 11.0. The van der Waals surface area contributed by atoms with Crippen LogP contribution in [0.2, 0.25) is 0 Å². The second-order valence-electron chi connectivity index (χ2n) is 7.27. The maximum absolute atomic E-state index is 11.0. The van der Waals surface area contributed by atoms with Crippen LogP contribution in [-0.4, -0.2) is 24.3 Å². The zero-order valence-electron chi connectivity index (χ0n) is 16.4. The Morgan fingerprint density at radius 3 is 1.38 bits per heavy atom. The molecule has 1 atom stereocenters. The molecular weight excluding hydrogens is 300 g/mol. The highest BCUT2D eigenvalue weighted by molar-refractivity contribution is 5.68. The van der Waals surface area contributed by atoms with Gasteiger partial charge in [-0.1, -0.05) is 89.9 Å². The molecule has 0 amide bonds. The van der Waals surface area contributed by atoms with Gasteiger partial charge in [0.1, 0.15) is 0 Å². The maximum Gasteiger partial charge on any atom is 0.305 e. The first kappa shape index (κ1) is 23.4. The summed E-state index contributed by atoms with van der Waals surface area (Å²) < 4.78 is 4.63. The van der Waals surface area contributed by atoms with Crippen molar-refractivity contribution in [1.82, 2.24) is 0 Å². The first-order valence-corrected chi connectivity index (χ1v) is 10.4. The second kappa shape index (κ2) is 18.8. The number of hydrogen-bond donors (Lipinski definition) is 1. The molecule has 1 N–H and O–H groups in total.